The molecule has 1 aromatic heterocycles. The van der Waals surface area contributed by atoms with E-state index in [1.165, 1.54) is 0 Å². The van der Waals surface area contributed by atoms with Crippen LogP contribution in [-0.2, 0) is 12.6 Å². The Kier molecular flexibility index (Phi) is 5.35. The maximum Gasteiger partial charge on any atom is 0.445 e. The van der Waals surface area contributed by atoms with Gasteiger partial charge in [-0.25, -0.2) is 0 Å². The second kappa shape index (κ2) is 7.08. The third kappa shape index (κ3) is 4.75. The van der Waals surface area contributed by atoms with Crippen molar-refractivity contribution in [3.05, 3.63) is 40.4 Å². The molecule has 2 aromatic rings. The van der Waals surface area contributed by atoms with E-state index in [9.17, 15) is 18.0 Å². The molecule has 2 rings (SSSR count). The van der Waals surface area contributed by atoms with Gasteiger partial charge in [-0.3, -0.25) is 10.1 Å². The molecule has 8 heteroatoms. The van der Waals surface area contributed by atoms with Gasteiger partial charge in [-0.05, 0) is 30.4 Å². The van der Waals surface area contributed by atoms with Crippen molar-refractivity contribution in [3.8, 4) is 0 Å². The molecule has 1 heterocycles. The molecule has 23 heavy (non-hydrogen) atoms. The fraction of sp³-hybridized carbons (Fsp3) is 0.400. The lowest BCUT2D eigenvalue weighted by molar-refractivity contribution is -0.138. The number of amides is 1. The maximum absolute atomic E-state index is 12.5. The van der Waals surface area contributed by atoms with Crippen molar-refractivity contribution in [2.24, 2.45) is 5.92 Å². The van der Waals surface area contributed by atoms with E-state index in [0.717, 1.165) is 18.4 Å². The summed E-state index contributed by atoms with van der Waals surface area (Å²) in [5.74, 6) is 0.0119. The first kappa shape index (κ1) is 17.4. The zero-order valence-corrected chi connectivity index (χ0v) is 13.5. The van der Waals surface area contributed by atoms with Crippen LogP contribution in [0, 0.1) is 5.92 Å². The highest BCUT2D eigenvalue weighted by Crippen LogP contribution is 2.33. The number of nitrogens with zero attached hydrogens (tertiary/aromatic N) is 2. The number of nitrogens with one attached hydrogen (secondary N) is 1. The van der Waals surface area contributed by atoms with Crippen molar-refractivity contribution in [1.29, 1.82) is 0 Å². The van der Waals surface area contributed by atoms with Crippen LogP contribution in [0.4, 0.5) is 18.3 Å². The number of rotatable bonds is 5. The third-order valence-corrected chi connectivity index (χ3v) is 4.02. The van der Waals surface area contributed by atoms with Crippen LogP contribution >= 0.6 is 11.3 Å². The number of alkyl halides is 3. The van der Waals surface area contributed by atoms with Gasteiger partial charge in [0.25, 0.3) is 5.91 Å². The summed E-state index contributed by atoms with van der Waals surface area (Å²) in [5, 5.41) is 7.55. The number of hydrogen-bond acceptors (Lipinski definition) is 4. The number of aryl methyl sites for hydroxylation is 1. The lowest BCUT2D eigenvalue weighted by Crippen LogP contribution is -2.14. The van der Waals surface area contributed by atoms with Crippen LogP contribution in [-0.4, -0.2) is 16.1 Å². The van der Waals surface area contributed by atoms with Crippen LogP contribution in [0.1, 0.15) is 41.2 Å². The predicted molar refractivity (Wildman–Crippen MR) is 82.5 cm³/mol. The van der Waals surface area contributed by atoms with E-state index < -0.39 is 17.1 Å². The van der Waals surface area contributed by atoms with Crippen LogP contribution in [0.15, 0.2) is 24.3 Å². The Morgan fingerprint density at radius 2 is 1.96 bits per heavy atom. The molecule has 0 aliphatic heterocycles. The molecule has 0 aliphatic rings. The van der Waals surface area contributed by atoms with Crippen LogP contribution in [0.25, 0.3) is 0 Å². The van der Waals surface area contributed by atoms with Crippen molar-refractivity contribution >= 4 is 22.4 Å². The topological polar surface area (TPSA) is 54.9 Å². The Morgan fingerprint density at radius 1 is 1.26 bits per heavy atom. The molecule has 0 aliphatic carbocycles. The summed E-state index contributed by atoms with van der Waals surface area (Å²) < 4.78 is 37.5. The smallest absolute Gasteiger partial charge is 0.296 e. The molecule has 0 spiro atoms. The Bertz CT molecular complexity index is 683. The molecular formula is C15H16F3N3OS. The molecule has 1 aromatic carbocycles. The molecule has 0 radical (unpaired) electrons. The van der Waals surface area contributed by atoms with Gasteiger partial charge < -0.3 is 0 Å². The average molecular weight is 343 g/mol. The minimum Gasteiger partial charge on any atom is -0.296 e. The van der Waals surface area contributed by atoms with Gasteiger partial charge in [0.1, 0.15) is 0 Å². The number of benzene rings is 1. The van der Waals surface area contributed by atoms with Crippen LogP contribution in [0.2, 0.25) is 0 Å². The first-order chi connectivity index (χ1) is 10.8. The van der Waals surface area contributed by atoms with Gasteiger partial charge in [-0.15, -0.1) is 10.2 Å². The molecule has 1 amide bonds. The first-order valence-corrected chi connectivity index (χ1v) is 7.89. The molecule has 4 nitrogen and oxygen atoms in total. The Morgan fingerprint density at radius 3 is 2.57 bits per heavy atom. The van der Waals surface area contributed by atoms with Crippen LogP contribution in [0.5, 0.6) is 0 Å². The highest BCUT2D eigenvalue weighted by molar-refractivity contribution is 7.15. The predicted octanol–water partition coefficient (Wildman–Crippen LogP) is 4.40. The van der Waals surface area contributed by atoms with Gasteiger partial charge in [0.2, 0.25) is 10.1 Å². The van der Waals surface area contributed by atoms with Gasteiger partial charge >= 0.3 is 6.18 Å². The monoisotopic (exact) mass is 343 g/mol. The molecular weight excluding hydrogens is 327 g/mol. The summed E-state index contributed by atoms with van der Waals surface area (Å²) in [6.07, 6.45) is -2.91. The van der Waals surface area contributed by atoms with Gasteiger partial charge in [-0.1, -0.05) is 43.4 Å². The fourth-order valence-corrected chi connectivity index (χ4v) is 2.56. The molecule has 0 fully saturated rings. The average Bonchev–Trinajstić information content (AvgIpc) is 2.94. The number of hydrogen-bond donors (Lipinski definition) is 1. The van der Waals surface area contributed by atoms with E-state index in [2.05, 4.69) is 29.4 Å². The molecule has 0 unspecified atom stereocenters. The Hall–Kier alpha value is -1.96. The largest absolute Gasteiger partial charge is 0.445 e. The minimum atomic E-state index is -4.56. The summed E-state index contributed by atoms with van der Waals surface area (Å²) >= 11 is 0.308. The SMILES string of the molecule is CC(C)CCc1ccccc1C(=O)Nc1nnc(C(F)(F)F)s1. The quantitative estimate of drug-likeness (QED) is 0.875. The standard InChI is InChI=1S/C15H16F3N3OS/c1-9(2)7-8-10-5-3-4-6-11(10)12(22)19-14-21-20-13(23-14)15(16,17)18/h3-6,9H,7-8H2,1-2H3,(H,19,21,22). The lowest BCUT2D eigenvalue weighted by Gasteiger charge is -2.10. The summed E-state index contributed by atoms with van der Waals surface area (Å²) in [7, 11) is 0. The normalized spacial score (nSPS) is 11.7. The fourth-order valence-electron chi connectivity index (χ4n) is 1.96. The maximum atomic E-state index is 12.5. The number of carbonyl (C=O) groups excluding carboxylic acids is 1. The van der Waals surface area contributed by atoms with Crippen LogP contribution in [0.3, 0.4) is 0 Å². The molecule has 0 saturated heterocycles. The van der Waals surface area contributed by atoms with Crippen molar-refractivity contribution in [2.75, 3.05) is 5.32 Å². The van der Waals surface area contributed by atoms with E-state index >= 15 is 0 Å². The van der Waals surface area contributed by atoms with E-state index in [1.54, 1.807) is 12.1 Å². The molecule has 0 atom stereocenters. The van der Waals surface area contributed by atoms with Crippen molar-refractivity contribution < 1.29 is 18.0 Å². The van der Waals surface area contributed by atoms with Gasteiger partial charge in [-0.2, -0.15) is 13.2 Å². The van der Waals surface area contributed by atoms with E-state index in [1.807, 2.05) is 12.1 Å². The van der Waals surface area contributed by atoms with Crippen molar-refractivity contribution in [2.45, 2.75) is 32.9 Å². The number of aromatic nitrogens is 2. The van der Waals surface area contributed by atoms with E-state index in [4.69, 9.17) is 0 Å². The Labute approximate surface area is 135 Å². The van der Waals surface area contributed by atoms with Crippen molar-refractivity contribution in [3.63, 3.8) is 0 Å². The highest BCUT2D eigenvalue weighted by Gasteiger charge is 2.35. The Balaban J connectivity index is 2.13. The van der Waals surface area contributed by atoms with Gasteiger partial charge in [0, 0.05) is 5.56 Å². The van der Waals surface area contributed by atoms with Gasteiger partial charge in [0.05, 0.1) is 0 Å². The zero-order valence-electron chi connectivity index (χ0n) is 12.6. The first-order valence-electron chi connectivity index (χ1n) is 7.07. The minimum absolute atomic E-state index is 0.166. The number of anilines is 1. The molecule has 1 N–H and O–H groups in total. The van der Waals surface area contributed by atoms with E-state index in [0.29, 0.717) is 22.8 Å². The second-order valence-corrected chi connectivity index (χ2v) is 6.43. The summed E-state index contributed by atoms with van der Waals surface area (Å²) in [5.41, 5.74) is 1.30. The zero-order chi connectivity index (χ0) is 17.0. The summed E-state index contributed by atoms with van der Waals surface area (Å²) in [4.78, 5) is 12.3. The van der Waals surface area contributed by atoms with Crippen LogP contribution < -0.4 is 5.32 Å². The molecule has 0 bridgehead atoms. The number of halogens is 3. The second-order valence-electron chi connectivity index (χ2n) is 5.45. The summed E-state index contributed by atoms with van der Waals surface area (Å²) in [6.45, 7) is 4.17. The summed E-state index contributed by atoms with van der Waals surface area (Å²) in [6, 6.07) is 7.05. The highest BCUT2D eigenvalue weighted by atomic mass is 32.1. The van der Waals surface area contributed by atoms with Crippen molar-refractivity contribution in [1.82, 2.24) is 10.2 Å². The lowest BCUT2D eigenvalue weighted by atomic mass is 9.98. The number of carbonyl (C=O) groups is 1. The van der Waals surface area contributed by atoms with E-state index in [-0.39, 0.29) is 5.13 Å². The molecule has 0 saturated carbocycles. The van der Waals surface area contributed by atoms with Gasteiger partial charge in [0.15, 0.2) is 0 Å². The third-order valence-electron chi connectivity index (χ3n) is 3.14. The molecule has 124 valence electrons.